The molecule has 2 aromatic rings. The van der Waals surface area contributed by atoms with Crippen LogP contribution in [0.2, 0.25) is 0 Å². The molecule has 1 amide bonds. The van der Waals surface area contributed by atoms with E-state index in [0.29, 0.717) is 12.1 Å². The number of rotatable bonds is 2. The van der Waals surface area contributed by atoms with Gasteiger partial charge in [0.25, 0.3) is 0 Å². The first kappa shape index (κ1) is 13.1. The molecule has 1 aromatic carbocycles. The van der Waals surface area contributed by atoms with Crippen LogP contribution in [0, 0.1) is 0 Å². The lowest BCUT2D eigenvalue weighted by molar-refractivity contribution is -0.133. The smallest absolute Gasteiger partial charge is 0.244 e. The molecule has 2 unspecified atom stereocenters. The van der Waals surface area contributed by atoms with Crippen LogP contribution in [0.15, 0.2) is 24.3 Å². The Morgan fingerprint density at radius 3 is 2.75 bits per heavy atom. The monoisotopic (exact) mass is 273 g/mol. The average Bonchev–Trinajstić information content (AvgIpc) is 2.81. The Balaban J connectivity index is 1.75. The van der Waals surface area contributed by atoms with Gasteiger partial charge in [-0.3, -0.25) is 4.79 Å². The first-order valence-corrected chi connectivity index (χ1v) is 6.95. The van der Waals surface area contributed by atoms with Crippen LogP contribution in [0.1, 0.15) is 13.8 Å². The normalized spacial score (nSPS) is 23.2. The molecule has 1 aliphatic heterocycles. The number of para-hydroxylation sites is 1. The average molecular weight is 273 g/mol. The van der Waals surface area contributed by atoms with Crippen molar-refractivity contribution in [1.82, 2.24) is 25.2 Å². The van der Waals surface area contributed by atoms with E-state index in [2.05, 4.69) is 29.5 Å². The number of fused-ring (bicyclic) bond motifs is 1. The number of benzene rings is 1. The summed E-state index contributed by atoms with van der Waals surface area (Å²) in [6, 6.07) is 8.35. The van der Waals surface area contributed by atoms with E-state index >= 15 is 0 Å². The molecule has 6 heteroatoms. The van der Waals surface area contributed by atoms with Gasteiger partial charge in [0.2, 0.25) is 5.91 Å². The highest BCUT2D eigenvalue weighted by Gasteiger charge is 2.25. The minimum atomic E-state index is 0.0980. The maximum atomic E-state index is 12.4. The Morgan fingerprint density at radius 2 is 2.00 bits per heavy atom. The van der Waals surface area contributed by atoms with Gasteiger partial charge in [0, 0.05) is 25.2 Å². The van der Waals surface area contributed by atoms with Crippen molar-refractivity contribution < 1.29 is 4.79 Å². The molecule has 6 nitrogen and oxygen atoms in total. The minimum Gasteiger partial charge on any atom is -0.338 e. The van der Waals surface area contributed by atoms with Crippen molar-refractivity contribution in [3.63, 3.8) is 0 Å². The fourth-order valence-corrected chi connectivity index (χ4v) is 2.79. The Hall–Kier alpha value is -1.95. The number of aromatic nitrogens is 3. The van der Waals surface area contributed by atoms with Gasteiger partial charge in [-0.2, -0.15) is 0 Å². The summed E-state index contributed by atoms with van der Waals surface area (Å²) in [7, 11) is 0. The SMILES string of the molecule is CC1CN(C(=O)Cn2nnc3ccccc32)CC(C)N1. The molecule has 0 aliphatic carbocycles. The number of hydrogen-bond donors (Lipinski definition) is 1. The predicted octanol–water partition coefficient (Wildman–Crippen LogP) is 0.640. The molecule has 106 valence electrons. The van der Waals surface area contributed by atoms with Crippen LogP contribution in [-0.2, 0) is 11.3 Å². The highest BCUT2D eigenvalue weighted by molar-refractivity contribution is 5.80. The van der Waals surface area contributed by atoms with E-state index in [9.17, 15) is 4.79 Å². The van der Waals surface area contributed by atoms with Gasteiger partial charge in [-0.15, -0.1) is 5.10 Å². The highest BCUT2D eigenvalue weighted by atomic mass is 16.2. The number of piperazine rings is 1. The van der Waals surface area contributed by atoms with E-state index in [1.54, 1.807) is 4.68 Å². The van der Waals surface area contributed by atoms with Gasteiger partial charge in [0.15, 0.2) is 0 Å². The lowest BCUT2D eigenvalue weighted by Crippen LogP contribution is -2.56. The predicted molar refractivity (Wildman–Crippen MR) is 76.2 cm³/mol. The number of carbonyl (C=O) groups is 1. The first-order chi connectivity index (χ1) is 9.63. The van der Waals surface area contributed by atoms with Gasteiger partial charge in [-0.1, -0.05) is 17.3 Å². The molecule has 1 N–H and O–H groups in total. The van der Waals surface area contributed by atoms with Crippen LogP contribution in [0.5, 0.6) is 0 Å². The van der Waals surface area contributed by atoms with E-state index in [1.165, 1.54) is 0 Å². The van der Waals surface area contributed by atoms with Crippen molar-refractivity contribution in [2.75, 3.05) is 13.1 Å². The zero-order valence-corrected chi connectivity index (χ0v) is 11.8. The van der Waals surface area contributed by atoms with Gasteiger partial charge < -0.3 is 10.2 Å². The topological polar surface area (TPSA) is 63.1 Å². The third kappa shape index (κ3) is 2.51. The van der Waals surface area contributed by atoms with E-state index in [-0.39, 0.29) is 12.5 Å². The summed E-state index contributed by atoms with van der Waals surface area (Å²) in [6.07, 6.45) is 0. The second kappa shape index (κ2) is 5.20. The van der Waals surface area contributed by atoms with Crippen LogP contribution < -0.4 is 5.32 Å². The number of carbonyl (C=O) groups excluding carboxylic acids is 1. The summed E-state index contributed by atoms with van der Waals surface area (Å²) in [5.41, 5.74) is 1.72. The molecule has 0 spiro atoms. The standard InChI is InChI=1S/C14H19N5O/c1-10-7-18(8-11(2)15-10)14(20)9-19-13-6-4-3-5-12(13)16-17-19/h3-6,10-11,15H,7-9H2,1-2H3. The number of hydrogen-bond acceptors (Lipinski definition) is 4. The highest BCUT2D eigenvalue weighted by Crippen LogP contribution is 2.11. The number of nitrogens with one attached hydrogen (secondary N) is 1. The van der Waals surface area contributed by atoms with E-state index in [1.807, 2.05) is 29.2 Å². The summed E-state index contributed by atoms with van der Waals surface area (Å²) in [5.74, 6) is 0.0980. The first-order valence-electron chi connectivity index (χ1n) is 6.95. The van der Waals surface area contributed by atoms with E-state index in [0.717, 1.165) is 24.1 Å². The molecule has 2 heterocycles. The molecule has 1 fully saturated rings. The molecular formula is C14H19N5O. The van der Waals surface area contributed by atoms with Crippen molar-refractivity contribution in [3.05, 3.63) is 24.3 Å². The summed E-state index contributed by atoms with van der Waals surface area (Å²) >= 11 is 0. The molecule has 1 aromatic heterocycles. The fourth-order valence-electron chi connectivity index (χ4n) is 2.79. The third-order valence-electron chi connectivity index (χ3n) is 3.62. The third-order valence-corrected chi connectivity index (χ3v) is 3.62. The maximum Gasteiger partial charge on any atom is 0.244 e. The molecule has 1 aliphatic rings. The van der Waals surface area contributed by atoms with Crippen molar-refractivity contribution in [2.24, 2.45) is 0 Å². The molecular weight excluding hydrogens is 254 g/mol. The molecule has 20 heavy (non-hydrogen) atoms. The van der Waals surface area contributed by atoms with Crippen LogP contribution >= 0.6 is 0 Å². The molecule has 0 bridgehead atoms. The van der Waals surface area contributed by atoms with Gasteiger partial charge in [0.05, 0.1) is 5.52 Å². The molecule has 0 radical (unpaired) electrons. The van der Waals surface area contributed by atoms with Crippen LogP contribution in [0.4, 0.5) is 0 Å². The second-order valence-electron chi connectivity index (χ2n) is 5.50. The second-order valence-corrected chi connectivity index (χ2v) is 5.50. The maximum absolute atomic E-state index is 12.4. The Labute approximate surface area is 117 Å². The molecule has 1 saturated heterocycles. The quantitative estimate of drug-likeness (QED) is 0.872. The number of nitrogens with zero attached hydrogens (tertiary/aromatic N) is 4. The van der Waals surface area contributed by atoms with Crippen LogP contribution in [0.3, 0.4) is 0 Å². The van der Waals surface area contributed by atoms with Gasteiger partial charge >= 0.3 is 0 Å². The van der Waals surface area contributed by atoms with Crippen molar-refractivity contribution in [3.8, 4) is 0 Å². The zero-order valence-electron chi connectivity index (χ0n) is 11.8. The van der Waals surface area contributed by atoms with Crippen molar-refractivity contribution in [1.29, 1.82) is 0 Å². The van der Waals surface area contributed by atoms with Crippen molar-refractivity contribution in [2.45, 2.75) is 32.5 Å². The van der Waals surface area contributed by atoms with E-state index < -0.39 is 0 Å². The van der Waals surface area contributed by atoms with E-state index in [4.69, 9.17) is 0 Å². The van der Waals surface area contributed by atoms with Gasteiger partial charge in [0.1, 0.15) is 12.1 Å². The summed E-state index contributed by atoms with van der Waals surface area (Å²) in [5, 5.41) is 11.6. The van der Waals surface area contributed by atoms with Gasteiger partial charge in [-0.25, -0.2) is 4.68 Å². The van der Waals surface area contributed by atoms with Gasteiger partial charge in [-0.05, 0) is 26.0 Å². The minimum absolute atomic E-state index is 0.0980. The Morgan fingerprint density at radius 1 is 1.30 bits per heavy atom. The molecule has 0 saturated carbocycles. The summed E-state index contributed by atoms with van der Waals surface area (Å²) in [6.45, 7) is 5.94. The Bertz CT molecular complexity index is 613. The Kier molecular flexibility index (Phi) is 3.40. The zero-order chi connectivity index (χ0) is 14.1. The lowest BCUT2D eigenvalue weighted by atomic mass is 10.1. The van der Waals surface area contributed by atoms with Crippen molar-refractivity contribution >= 4 is 16.9 Å². The lowest BCUT2D eigenvalue weighted by Gasteiger charge is -2.36. The van der Waals surface area contributed by atoms with Crippen LogP contribution in [0.25, 0.3) is 11.0 Å². The fraction of sp³-hybridized carbons (Fsp3) is 0.500. The summed E-state index contributed by atoms with van der Waals surface area (Å²) in [4.78, 5) is 14.3. The largest absolute Gasteiger partial charge is 0.338 e. The summed E-state index contributed by atoms with van der Waals surface area (Å²) < 4.78 is 1.68. The molecule has 2 atom stereocenters. The van der Waals surface area contributed by atoms with Crippen LogP contribution in [-0.4, -0.2) is 51.0 Å². The molecule has 3 rings (SSSR count). The number of amides is 1.